The van der Waals surface area contributed by atoms with Crippen LogP contribution in [0.25, 0.3) is 6.08 Å². The first-order valence-corrected chi connectivity index (χ1v) is 13.3. The molecular formula is C29H32N2O6S. The molecule has 2 aromatic carbocycles. The van der Waals surface area contributed by atoms with Crippen molar-refractivity contribution in [3.63, 3.8) is 0 Å². The van der Waals surface area contributed by atoms with Crippen molar-refractivity contribution in [3.05, 3.63) is 90.1 Å². The van der Waals surface area contributed by atoms with Crippen LogP contribution in [0.15, 0.2) is 63.5 Å². The lowest BCUT2D eigenvalue weighted by Crippen LogP contribution is -2.40. The van der Waals surface area contributed by atoms with E-state index in [0.717, 1.165) is 23.3 Å². The number of para-hydroxylation sites is 1. The molecule has 2 heterocycles. The lowest BCUT2D eigenvalue weighted by molar-refractivity contribution is -0.140. The maximum Gasteiger partial charge on any atom is 0.338 e. The van der Waals surface area contributed by atoms with Gasteiger partial charge in [-0.25, -0.2) is 9.79 Å². The van der Waals surface area contributed by atoms with Crippen molar-refractivity contribution in [2.45, 2.75) is 33.2 Å². The van der Waals surface area contributed by atoms with Crippen LogP contribution in [0.4, 0.5) is 0 Å². The summed E-state index contributed by atoms with van der Waals surface area (Å²) in [5, 5.41) is 0. The van der Waals surface area contributed by atoms with E-state index in [9.17, 15) is 9.59 Å². The molecule has 0 N–H and O–H groups in total. The third-order valence-corrected chi connectivity index (χ3v) is 7.18. The lowest BCUT2D eigenvalue weighted by Gasteiger charge is -2.26. The van der Waals surface area contributed by atoms with Crippen molar-refractivity contribution in [2.75, 3.05) is 34.0 Å². The summed E-state index contributed by atoms with van der Waals surface area (Å²) in [6.45, 7) is 6.61. The molecule has 0 bridgehead atoms. The van der Waals surface area contributed by atoms with Gasteiger partial charge in [-0.1, -0.05) is 42.5 Å². The molecule has 4 rings (SSSR count). The highest BCUT2D eigenvalue weighted by molar-refractivity contribution is 7.07. The molecule has 0 radical (unpaired) electrons. The number of carbonyl (C=O) groups is 1. The monoisotopic (exact) mass is 536 g/mol. The first-order chi connectivity index (χ1) is 18.4. The number of carbonyl (C=O) groups excluding carboxylic acids is 1. The highest BCUT2D eigenvalue weighted by atomic mass is 32.1. The molecule has 3 aromatic rings. The summed E-state index contributed by atoms with van der Waals surface area (Å²) >= 11 is 1.29. The molecule has 1 atom stereocenters. The average molecular weight is 537 g/mol. The van der Waals surface area contributed by atoms with E-state index in [1.54, 1.807) is 18.6 Å². The number of esters is 1. The number of allylic oxidation sites excluding steroid dienone is 1. The van der Waals surface area contributed by atoms with Gasteiger partial charge in [0, 0.05) is 12.7 Å². The van der Waals surface area contributed by atoms with Crippen molar-refractivity contribution >= 4 is 23.4 Å². The Kier molecular flexibility index (Phi) is 8.81. The van der Waals surface area contributed by atoms with Crippen LogP contribution in [0, 0.1) is 6.92 Å². The van der Waals surface area contributed by atoms with Gasteiger partial charge < -0.3 is 18.9 Å². The Morgan fingerprint density at radius 2 is 1.89 bits per heavy atom. The molecule has 0 amide bonds. The summed E-state index contributed by atoms with van der Waals surface area (Å²) in [6.07, 6.45) is 2.67. The van der Waals surface area contributed by atoms with Crippen LogP contribution in [0.3, 0.4) is 0 Å². The Bertz CT molecular complexity index is 1540. The second-order valence-electron chi connectivity index (χ2n) is 8.82. The SMILES string of the molecule is CCCOc1ccccc1[C@@H]1C(C(=O)OCCOC)=C(C)N=c2s/c(=C/c3ccc(OC)cc3C)c(=O)n21. The van der Waals surface area contributed by atoms with Crippen molar-refractivity contribution in [1.82, 2.24) is 4.57 Å². The minimum Gasteiger partial charge on any atom is -0.497 e. The van der Waals surface area contributed by atoms with E-state index < -0.39 is 12.0 Å². The van der Waals surface area contributed by atoms with E-state index in [0.29, 0.717) is 38.5 Å². The van der Waals surface area contributed by atoms with Gasteiger partial charge in [-0.15, -0.1) is 0 Å². The highest BCUT2D eigenvalue weighted by Crippen LogP contribution is 2.36. The Morgan fingerprint density at radius 1 is 1.11 bits per heavy atom. The van der Waals surface area contributed by atoms with Gasteiger partial charge in [0.15, 0.2) is 4.80 Å². The van der Waals surface area contributed by atoms with Crippen molar-refractivity contribution in [3.8, 4) is 11.5 Å². The number of rotatable bonds is 10. The number of nitrogens with zero attached hydrogens (tertiary/aromatic N) is 2. The van der Waals surface area contributed by atoms with Gasteiger partial charge in [0.2, 0.25) is 0 Å². The number of ether oxygens (including phenoxy) is 4. The molecular weight excluding hydrogens is 504 g/mol. The van der Waals surface area contributed by atoms with Gasteiger partial charge in [-0.2, -0.15) is 0 Å². The smallest absolute Gasteiger partial charge is 0.338 e. The molecule has 9 heteroatoms. The van der Waals surface area contributed by atoms with Gasteiger partial charge >= 0.3 is 5.97 Å². The van der Waals surface area contributed by atoms with E-state index in [4.69, 9.17) is 18.9 Å². The minimum absolute atomic E-state index is 0.0913. The number of fused-ring (bicyclic) bond motifs is 1. The predicted molar refractivity (Wildman–Crippen MR) is 147 cm³/mol. The van der Waals surface area contributed by atoms with E-state index in [1.165, 1.54) is 18.4 Å². The van der Waals surface area contributed by atoms with Crippen molar-refractivity contribution < 1.29 is 23.7 Å². The molecule has 0 fully saturated rings. The van der Waals surface area contributed by atoms with Gasteiger partial charge in [-0.05, 0) is 55.7 Å². The van der Waals surface area contributed by atoms with Gasteiger partial charge in [0.25, 0.3) is 5.56 Å². The average Bonchev–Trinajstić information content (AvgIpc) is 3.22. The van der Waals surface area contributed by atoms with Crippen LogP contribution in [0.1, 0.15) is 43.0 Å². The number of thiazole rings is 1. The number of hydrogen-bond donors (Lipinski definition) is 0. The van der Waals surface area contributed by atoms with E-state index in [2.05, 4.69) is 4.99 Å². The molecule has 0 unspecified atom stereocenters. The first kappa shape index (κ1) is 27.3. The Labute approximate surface area is 225 Å². The van der Waals surface area contributed by atoms with Crippen LogP contribution in [0.2, 0.25) is 0 Å². The quantitative estimate of drug-likeness (QED) is 0.291. The van der Waals surface area contributed by atoms with Gasteiger partial charge in [0.1, 0.15) is 24.1 Å². The fraction of sp³-hybridized carbons (Fsp3) is 0.345. The highest BCUT2D eigenvalue weighted by Gasteiger charge is 2.35. The summed E-state index contributed by atoms with van der Waals surface area (Å²) in [6, 6.07) is 12.4. The maximum absolute atomic E-state index is 13.9. The Balaban J connectivity index is 1.91. The number of benzene rings is 2. The van der Waals surface area contributed by atoms with Crippen LogP contribution >= 0.6 is 11.3 Å². The zero-order valence-electron chi connectivity index (χ0n) is 22.3. The number of hydrogen-bond acceptors (Lipinski definition) is 8. The first-order valence-electron chi connectivity index (χ1n) is 12.4. The topological polar surface area (TPSA) is 88.4 Å². The Morgan fingerprint density at radius 3 is 2.61 bits per heavy atom. The molecule has 1 aliphatic rings. The second kappa shape index (κ2) is 12.2. The summed E-state index contributed by atoms with van der Waals surface area (Å²) < 4.78 is 24.0. The number of aryl methyl sites for hydroxylation is 1. The lowest BCUT2D eigenvalue weighted by atomic mass is 9.95. The molecule has 0 aliphatic carbocycles. The molecule has 0 spiro atoms. The summed E-state index contributed by atoms with van der Waals surface area (Å²) in [5.74, 6) is 0.813. The molecule has 8 nitrogen and oxygen atoms in total. The summed E-state index contributed by atoms with van der Waals surface area (Å²) in [7, 11) is 3.16. The third kappa shape index (κ3) is 5.58. The van der Waals surface area contributed by atoms with Crippen LogP contribution in [-0.2, 0) is 14.3 Å². The summed E-state index contributed by atoms with van der Waals surface area (Å²) in [5.41, 5.74) is 3.12. The van der Waals surface area contributed by atoms with Gasteiger partial charge in [0.05, 0.1) is 36.1 Å². The van der Waals surface area contributed by atoms with Crippen LogP contribution in [0.5, 0.6) is 11.5 Å². The summed E-state index contributed by atoms with van der Waals surface area (Å²) in [4.78, 5) is 32.4. The van der Waals surface area contributed by atoms with Gasteiger partial charge in [-0.3, -0.25) is 9.36 Å². The fourth-order valence-corrected chi connectivity index (χ4v) is 5.34. The molecule has 1 aliphatic heterocycles. The van der Waals surface area contributed by atoms with E-state index >= 15 is 0 Å². The molecule has 200 valence electrons. The predicted octanol–water partition coefficient (Wildman–Crippen LogP) is 3.53. The number of methoxy groups -OCH3 is 2. The normalized spacial score (nSPS) is 15.2. The molecule has 0 saturated heterocycles. The van der Waals surface area contributed by atoms with Crippen molar-refractivity contribution in [1.29, 1.82) is 0 Å². The zero-order chi connectivity index (χ0) is 27.2. The Hall–Kier alpha value is -3.69. The van der Waals surface area contributed by atoms with Crippen LogP contribution < -0.4 is 24.4 Å². The van der Waals surface area contributed by atoms with Crippen molar-refractivity contribution in [2.24, 2.45) is 4.99 Å². The minimum atomic E-state index is -0.756. The molecule has 1 aromatic heterocycles. The van der Waals surface area contributed by atoms with Crippen LogP contribution in [-0.4, -0.2) is 44.6 Å². The molecule has 0 saturated carbocycles. The maximum atomic E-state index is 13.9. The second-order valence-corrected chi connectivity index (χ2v) is 9.83. The largest absolute Gasteiger partial charge is 0.497 e. The van der Waals surface area contributed by atoms with E-state index in [-0.39, 0.29) is 18.8 Å². The standard InChI is InChI=1S/C29H32N2O6S/c1-6-13-36-23-10-8-7-9-22(23)26-25(28(33)37-15-14-34-4)19(3)30-29-31(26)27(32)24(38-29)17-20-11-12-21(35-5)16-18(20)2/h7-12,16-17,26H,6,13-15H2,1-5H3/b24-17+/t26-/m1/s1. The zero-order valence-corrected chi connectivity index (χ0v) is 23.1. The molecule has 38 heavy (non-hydrogen) atoms. The number of aromatic nitrogens is 1. The third-order valence-electron chi connectivity index (χ3n) is 6.20. The van der Waals surface area contributed by atoms with E-state index in [1.807, 2.05) is 62.4 Å². The fourth-order valence-electron chi connectivity index (χ4n) is 4.30.